The molecular formula is C8H13N3O3S. The molecule has 0 saturated heterocycles. The van der Waals surface area contributed by atoms with Gasteiger partial charge in [-0.25, -0.2) is 0 Å². The Morgan fingerprint density at radius 3 is 2.60 bits per heavy atom. The molecule has 0 aliphatic carbocycles. The van der Waals surface area contributed by atoms with Gasteiger partial charge in [0.25, 0.3) is 0 Å². The number of aromatic amines is 1. The minimum atomic E-state index is -0.812. The van der Waals surface area contributed by atoms with Gasteiger partial charge >= 0.3 is 11.1 Å². The molecule has 0 amide bonds. The summed E-state index contributed by atoms with van der Waals surface area (Å²) in [4.78, 5) is 25.5. The van der Waals surface area contributed by atoms with E-state index >= 15 is 0 Å². The first-order valence-corrected chi connectivity index (χ1v) is 5.32. The molecule has 15 heavy (non-hydrogen) atoms. The van der Waals surface area contributed by atoms with E-state index in [4.69, 9.17) is 0 Å². The fourth-order valence-corrected chi connectivity index (χ4v) is 1.70. The highest BCUT2D eigenvalue weighted by Gasteiger charge is 2.14. The van der Waals surface area contributed by atoms with Gasteiger partial charge in [-0.15, -0.1) is 0 Å². The fraction of sp³-hybridized carbons (Fsp3) is 0.625. The van der Waals surface area contributed by atoms with E-state index in [1.165, 1.54) is 16.4 Å². The van der Waals surface area contributed by atoms with Gasteiger partial charge in [0.2, 0.25) is 0 Å². The Hall–Kier alpha value is -1.08. The van der Waals surface area contributed by atoms with Crippen molar-refractivity contribution in [1.29, 1.82) is 0 Å². The molecule has 0 saturated carbocycles. The number of thioether (sulfide) groups is 1. The van der Waals surface area contributed by atoms with Gasteiger partial charge in [-0.05, 0) is 6.92 Å². The smallest absolute Gasteiger partial charge is 0.339 e. The maximum atomic E-state index is 11.0. The Labute approximate surface area is 90.3 Å². The molecule has 1 rings (SSSR count). The monoisotopic (exact) mass is 231 g/mol. The van der Waals surface area contributed by atoms with E-state index in [0.717, 1.165) is 0 Å². The number of rotatable bonds is 3. The van der Waals surface area contributed by atoms with Crippen molar-refractivity contribution in [2.45, 2.75) is 30.4 Å². The lowest BCUT2D eigenvalue weighted by Crippen LogP contribution is -2.34. The number of nitrogens with one attached hydrogen (secondary N) is 1. The fourth-order valence-electron chi connectivity index (χ4n) is 0.831. The first-order valence-electron chi connectivity index (χ1n) is 4.44. The van der Waals surface area contributed by atoms with Crippen LogP contribution in [0.5, 0.6) is 0 Å². The van der Waals surface area contributed by atoms with E-state index in [1.54, 1.807) is 14.0 Å². The van der Waals surface area contributed by atoms with Crippen LogP contribution in [0.15, 0.2) is 14.7 Å². The Morgan fingerprint density at radius 2 is 2.07 bits per heavy atom. The van der Waals surface area contributed by atoms with Crippen LogP contribution in [-0.4, -0.2) is 31.2 Å². The Kier molecular flexibility index (Phi) is 3.70. The highest BCUT2D eigenvalue weighted by atomic mass is 32.2. The third kappa shape index (κ3) is 2.93. The number of aliphatic hydroxyl groups excluding tert-OH is 1. The van der Waals surface area contributed by atoms with Crippen molar-refractivity contribution in [3.63, 3.8) is 0 Å². The van der Waals surface area contributed by atoms with Crippen LogP contribution in [-0.2, 0) is 7.05 Å². The second-order valence-corrected chi connectivity index (χ2v) is 4.61. The molecule has 0 aromatic carbocycles. The number of nitrogens with zero attached hydrogens (tertiary/aromatic N) is 2. The third-order valence-electron chi connectivity index (χ3n) is 1.92. The second kappa shape index (κ2) is 4.63. The van der Waals surface area contributed by atoms with Crippen molar-refractivity contribution in [2.24, 2.45) is 7.05 Å². The lowest BCUT2D eigenvalue weighted by molar-refractivity contribution is 0.196. The zero-order valence-corrected chi connectivity index (χ0v) is 9.54. The topological polar surface area (TPSA) is 88.0 Å². The molecule has 84 valence electrons. The summed E-state index contributed by atoms with van der Waals surface area (Å²) >= 11 is 1.23. The molecule has 2 unspecified atom stereocenters. The van der Waals surface area contributed by atoms with Crippen LogP contribution in [0.1, 0.15) is 13.8 Å². The average Bonchev–Trinajstić information content (AvgIpc) is 2.13. The predicted molar refractivity (Wildman–Crippen MR) is 57.1 cm³/mol. The number of H-pyrrole nitrogens is 1. The first kappa shape index (κ1) is 12.0. The number of aromatic nitrogens is 3. The number of aliphatic hydroxyl groups is 1. The van der Waals surface area contributed by atoms with Crippen molar-refractivity contribution < 1.29 is 5.11 Å². The van der Waals surface area contributed by atoms with Crippen molar-refractivity contribution in [2.75, 3.05) is 0 Å². The zero-order valence-electron chi connectivity index (χ0n) is 8.72. The van der Waals surface area contributed by atoms with Crippen molar-refractivity contribution >= 4 is 11.8 Å². The summed E-state index contributed by atoms with van der Waals surface area (Å²) in [5.41, 5.74) is -1.56. The summed E-state index contributed by atoms with van der Waals surface area (Å²) < 4.78 is 1.37. The highest BCUT2D eigenvalue weighted by Crippen LogP contribution is 2.20. The van der Waals surface area contributed by atoms with Gasteiger partial charge in [0, 0.05) is 12.3 Å². The van der Waals surface area contributed by atoms with E-state index in [2.05, 4.69) is 10.1 Å². The van der Waals surface area contributed by atoms with E-state index in [0.29, 0.717) is 5.16 Å². The van der Waals surface area contributed by atoms with Crippen LogP contribution >= 0.6 is 11.8 Å². The van der Waals surface area contributed by atoms with Crippen molar-refractivity contribution in [3.05, 3.63) is 20.7 Å². The van der Waals surface area contributed by atoms with E-state index in [1.807, 2.05) is 6.92 Å². The molecule has 1 aromatic rings. The van der Waals surface area contributed by atoms with Gasteiger partial charge < -0.3 is 5.11 Å². The van der Waals surface area contributed by atoms with Gasteiger partial charge in [-0.2, -0.15) is 4.98 Å². The molecular weight excluding hydrogens is 218 g/mol. The standard InChI is InChI=1S/C8H13N3O3S/c1-4(12)5(2)15-8-9-6(13)7(14)10-11(8)3/h4-5,12H,1-3H3,(H,10,14). The lowest BCUT2D eigenvalue weighted by Gasteiger charge is -2.14. The SMILES string of the molecule is CC(O)C(C)Sc1nc(=O)c(=O)[nH]n1C. The van der Waals surface area contributed by atoms with Crippen LogP contribution in [0.3, 0.4) is 0 Å². The maximum Gasteiger partial charge on any atom is 0.339 e. The van der Waals surface area contributed by atoms with E-state index in [9.17, 15) is 14.7 Å². The summed E-state index contributed by atoms with van der Waals surface area (Å²) in [5, 5.41) is 11.9. The number of hydrogen-bond acceptors (Lipinski definition) is 5. The molecule has 0 fully saturated rings. The largest absolute Gasteiger partial charge is 0.392 e. The van der Waals surface area contributed by atoms with E-state index in [-0.39, 0.29) is 5.25 Å². The minimum Gasteiger partial charge on any atom is -0.392 e. The molecule has 0 bridgehead atoms. The molecule has 0 aliphatic rings. The van der Waals surface area contributed by atoms with Crippen molar-refractivity contribution in [1.82, 2.24) is 14.8 Å². The summed E-state index contributed by atoms with van der Waals surface area (Å²) in [7, 11) is 1.59. The van der Waals surface area contributed by atoms with Gasteiger partial charge in [-0.1, -0.05) is 18.7 Å². The predicted octanol–water partition coefficient (Wildman–Crippen LogP) is -0.670. The Balaban J connectivity index is 3.01. The van der Waals surface area contributed by atoms with Crippen LogP contribution in [0.4, 0.5) is 0 Å². The summed E-state index contributed by atoms with van der Waals surface area (Å²) in [6.45, 7) is 3.47. The van der Waals surface area contributed by atoms with Gasteiger partial charge in [-0.3, -0.25) is 19.4 Å². The molecule has 6 nitrogen and oxygen atoms in total. The molecule has 7 heteroatoms. The molecule has 1 aromatic heterocycles. The van der Waals surface area contributed by atoms with Crippen LogP contribution < -0.4 is 11.1 Å². The molecule has 0 radical (unpaired) electrons. The molecule has 1 heterocycles. The Morgan fingerprint density at radius 1 is 1.47 bits per heavy atom. The van der Waals surface area contributed by atoms with Gasteiger partial charge in [0.1, 0.15) is 0 Å². The lowest BCUT2D eigenvalue weighted by atomic mass is 10.3. The third-order valence-corrected chi connectivity index (χ3v) is 3.26. The van der Waals surface area contributed by atoms with Crippen molar-refractivity contribution in [3.8, 4) is 0 Å². The molecule has 0 aliphatic heterocycles. The average molecular weight is 231 g/mol. The number of aryl methyl sites for hydroxylation is 1. The highest BCUT2D eigenvalue weighted by molar-refractivity contribution is 7.99. The van der Waals surface area contributed by atoms with Crippen LogP contribution in [0, 0.1) is 0 Å². The number of hydrogen-bond donors (Lipinski definition) is 2. The minimum absolute atomic E-state index is 0.103. The maximum absolute atomic E-state index is 11.0. The summed E-state index contributed by atoms with van der Waals surface area (Å²) in [6.07, 6.45) is -0.515. The summed E-state index contributed by atoms with van der Waals surface area (Å²) in [6, 6.07) is 0. The van der Waals surface area contributed by atoms with Crippen LogP contribution in [0.2, 0.25) is 0 Å². The molecule has 2 N–H and O–H groups in total. The van der Waals surface area contributed by atoms with E-state index < -0.39 is 17.2 Å². The van der Waals surface area contributed by atoms with Gasteiger partial charge in [0.05, 0.1) is 6.10 Å². The Bertz CT molecular complexity index is 451. The summed E-state index contributed by atoms with van der Waals surface area (Å²) in [5.74, 6) is 0. The first-order chi connectivity index (χ1) is 6.91. The van der Waals surface area contributed by atoms with Crippen LogP contribution in [0.25, 0.3) is 0 Å². The molecule has 2 atom stereocenters. The normalized spacial score (nSPS) is 14.9. The zero-order chi connectivity index (χ0) is 11.6. The molecule has 0 spiro atoms. The second-order valence-electron chi connectivity index (χ2n) is 3.26. The quantitative estimate of drug-likeness (QED) is 0.532. The van der Waals surface area contributed by atoms with Gasteiger partial charge in [0.15, 0.2) is 5.16 Å².